The average molecular weight is 238 g/mol. The number of carbonyl (C=O) groups is 1. The summed E-state index contributed by atoms with van der Waals surface area (Å²) >= 11 is 0. The monoisotopic (exact) mass is 238 g/mol. The Morgan fingerprint density at radius 1 is 1.35 bits per heavy atom. The van der Waals surface area contributed by atoms with Crippen LogP contribution in [0.25, 0.3) is 0 Å². The van der Waals surface area contributed by atoms with Crippen LogP contribution in [0.4, 0.5) is 0 Å². The summed E-state index contributed by atoms with van der Waals surface area (Å²) < 4.78 is 11.0. The molecule has 1 aromatic rings. The first kappa shape index (κ1) is 13.4. The van der Waals surface area contributed by atoms with E-state index in [1.807, 2.05) is 20.8 Å². The highest BCUT2D eigenvalue weighted by molar-refractivity contribution is 5.70. The molecule has 0 aliphatic rings. The molecule has 0 aliphatic heterocycles. The summed E-state index contributed by atoms with van der Waals surface area (Å²) in [4.78, 5) is 10.6. The average Bonchev–Trinajstić information content (AvgIpc) is 2.20. The summed E-state index contributed by atoms with van der Waals surface area (Å²) in [6.07, 6.45) is 0.00945. The van der Waals surface area contributed by atoms with Crippen LogP contribution in [0.5, 0.6) is 11.5 Å². The third-order valence-electron chi connectivity index (χ3n) is 2.03. The molecule has 1 rings (SSSR count). The molecular formula is C13H18O4. The van der Waals surface area contributed by atoms with E-state index in [0.29, 0.717) is 23.7 Å². The maximum Gasteiger partial charge on any atom is 0.307 e. The van der Waals surface area contributed by atoms with Crippen molar-refractivity contribution in [3.8, 4) is 11.5 Å². The van der Waals surface area contributed by atoms with Crippen LogP contribution >= 0.6 is 0 Å². The first-order valence-corrected chi connectivity index (χ1v) is 5.67. The fourth-order valence-electron chi connectivity index (χ4n) is 1.46. The Balaban J connectivity index is 2.96. The molecule has 1 N–H and O–H groups in total. The zero-order chi connectivity index (χ0) is 12.8. The summed E-state index contributed by atoms with van der Waals surface area (Å²) in [5, 5.41) is 8.74. The summed E-state index contributed by atoms with van der Waals surface area (Å²) in [7, 11) is 0. The van der Waals surface area contributed by atoms with Crippen LogP contribution in [0.15, 0.2) is 18.2 Å². The Labute approximate surface area is 101 Å². The predicted octanol–water partition coefficient (Wildman–Crippen LogP) is 2.50. The van der Waals surface area contributed by atoms with Gasteiger partial charge in [-0.1, -0.05) is 6.07 Å². The van der Waals surface area contributed by atoms with Crippen LogP contribution < -0.4 is 9.47 Å². The van der Waals surface area contributed by atoms with Crippen LogP contribution in [0.1, 0.15) is 26.3 Å². The molecule has 4 nitrogen and oxygen atoms in total. The Morgan fingerprint density at radius 2 is 2.06 bits per heavy atom. The Bertz CT molecular complexity index is 385. The molecule has 0 aliphatic carbocycles. The van der Waals surface area contributed by atoms with Crippen molar-refractivity contribution in [2.75, 3.05) is 6.61 Å². The van der Waals surface area contributed by atoms with Crippen molar-refractivity contribution in [3.63, 3.8) is 0 Å². The second kappa shape index (κ2) is 6.13. The number of rotatable bonds is 6. The van der Waals surface area contributed by atoms with Crippen molar-refractivity contribution < 1.29 is 19.4 Å². The molecule has 0 unspecified atom stereocenters. The van der Waals surface area contributed by atoms with Gasteiger partial charge in [-0.2, -0.15) is 0 Å². The maximum atomic E-state index is 10.6. The smallest absolute Gasteiger partial charge is 0.307 e. The molecule has 0 heterocycles. The summed E-state index contributed by atoms with van der Waals surface area (Å²) in [6.45, 7) is 6.27. The lowest BCUT2D eigenvalue weighted by Gasteiger charge is -2.15. The van der Waals surface area contributed by atoms with E-state index in [1.54, 1.807) is 18.2 Å². The molecule has 4 heteroatoms. The van der Waals surface area contributed by atoms with Crippen molar-refractivity contribution in [1.29, 1.82) is 0 Å². The Kier molecular flexibility index (Phi) is 4.82. The van der Waals surface area contributed by atoms with Gasteiger partial charge in [-0.15, -0.1) is 0 Å². The van der Waals surface area contributed by atoms with Crippen molar-refractivity contribution in [2.45, 2.75) is 33.3 Å². The van der Waals surface area contributed by atoms with Crippen molar-refractivity contribution in [3.05, 3.63) is 23.8 Å². The number of benzene rings is 1. The van der Waals surface area contributed by atoms with Crippen molar-refractivity contribution >= 4 is 5.97 Å². The molecule has 1 aromatic carbocycles. The molecule has 0 saturated carbocycles. The fraction of sp³-hybridized carbons (Fsp3) is 0.462. The van der Waals surface area contributed by atoms with Crippen LogP contribution in [-0.2, 0) is 11.2 Å². The fourth-order valence-corrected chi connectivity index (χ4v) is 1.46. The van der Waals surface area contributed by atoms with Gasteiger partial charge in [0.25, 0.3) is 0 Å². The van der Waals surface area contributed by atoms with E-state index in [0.717, 1.165) is 0 Å². The molecular weight excluding hydrogens is 220 g/mol. The lowest BCUT2D eigenvalue weighted by Crippen LogP contribution is -2.08. The van der Waals surface area contributed by atoms with E-state index < -0.39 is 5.97 Å². The van der Waals surface area contributed by atoms with Gasteiger partial charge in [0.15, 0.2) is 11.5 Å². The van der Waals surface area contributed by atoms with Gasteiger partial charge in [0.2, 0.25) is 0 Å². The molecule has 0 radical (unpaired) electrons. The minimum Gasteiger partial charge on any atom is -0.490 e. The molecule has 17 heavy (non-hydrogen) atoms. The lowest BCUT2D eigenvalue weighted by atomic mass is 10.1. The van der Waals surface area contributed by atoms with Crippen LogP contribution in [-0.4, -0.2) is 23.8 Å². The zero-order valence-electron chi connectivity index (χ0n) is 10.4. The van der Waals surface area contributed by atoms with E-state index in [1.165, 1.54) is 0 Å². The minimum atomic E-state index is -0.857. The normalized spacial score (nSPS) is 10.4. The lowest BCUT2D eigenvalue weighted by molar-refractivity contribution is -0.136. The molecule has 0 amide bonds. The molecule has 0 spiro atoms. The molecule has 0 bridgehead atoms. The quantitative estimate of drug-likeness (QED) is 0.827. The topological polar surface area (TPSA) is 55.8 Å². The molecule has 94 valence electrons. The number of carboxylic acids is 1. The van der Waals surface area contributed by atoms with Gasteiger partial charge in [-0.05, 0) is 38.5 Å². The third kappa shape index (κ3) is 4.34. The van der Waals surface area contributed by atoms with E-state index >= 15 is 0 Å². The highest BCUT2D eigenvalue weighted by atomic mass is 16.5. The summed E-state index contributed by atoms with van der Waals surface area (Å²) in [5.74, 6) is 0.389. The van der Waals surface area contributed by atoms with E-state index in [2.05, 4.69) is 0 Å². The Morgan fingerprint density at radius 3 is 2.59 bits per heavy atom. The molecule has 0 fully saturated rings. The van der Waals surface area contributed by atoms with Crippen LogP contribution in [0, 0.1) is 0 Å². The highest BCUT2D eigenvalue weighted by Crippen LogP contribution is 2.29. The third-order valence-corrected chi connectivity index (χ3v) is 2.03. The van der Waals surface area contributed by atoms with Crippen LogP contribution in [0.2, 0.25) is 0 Å². The molecule has 0 atom stereocenters. The van der Waals surface area contributed by atoms with Gasteiger partial charge in [0, 0.05) is 0 Å². The van der Waals surface area contributed by atoms with Gasteiger partial charge in [0.05, 0.1) is 19.1 Å². The van der Waals surface area contributed by atoms with Gasteiger partial charge in [0.1, 0.15) is 0 Å². The number of hydrogen-bond donors (Lipinski definition) is 1. The number of aliphatic carboxylic acids is 1. The van der Waals surface area contributed by atoms with E-state index in [4.69, 9.17) is 14.6 Å². The van der Waals surface area contributed by atoms with Crippen molar-refractivity contribution in [1.82, 2.24) is 0 Å². The summed E-state index contributed by atoms with van der Waals surface area (Å²) in [5.41, 5.74) is 0.705. The maximum absolute atomic E-state index is 10.6. The molecule has 0 aromatic heterocycles. The van der Waals surface area contributed by atoms with Gasteiger partial charge >= 0.3 is 5.97 Å². The SMILES string of the molecule is CCOc1ccc(CC(=O)O)cc1OC(C)C. The predicted molar refractivity (Wildman–Crippen MR) is 64.7 cm³/mol. The standard InChI is InChI=1S/C13H18O4/c1-4-16-11-6-5-10(8-13(14)15)7-12(11)17-9(2)3/h5-7,9H,4,8H2,1-3H3,(H,14,15). The zero-order valence-corrected chi connectivity index (χ0v) is 10.4. The van der Waals surface area contributed by atoms with E-state index in [9.17, 15) is 4.79 Å². The van der Waals surface area contributed by atoms with E-state index in [-0.39, 0.29) is 12.5 Å². The minimum absolute atomic E-state index is 0.0130. The molecule has 0 saturated heterocycles. The highest BCUT2D eigenvalue weighted by Gasteiger charge is 2.09. The van der Waals surface area contributed by atoms with Gasteiger partial charge < -0.3 is 14.6 Å². The second-order valence-electron chi connectivity index (χ2n) is 3.95. The Hall–Kier alpha value is -1.71. The number of carboxylic acid groups (broad SMARTS) is 1. The summed E-state index contributed by atoms with van der Waals surface area (Å²) in [6, 6.07) is 5.21. The first-order valence-electron chi connectivity index (χ1n) is 5.67. The largest absolute Gasteiger partial charge is 0.490 e. The number of ether oxygens (including phenoxy) is 2. The van der Waals surface area contributed by atoms with Crippen LogP contribution in [0.3, 0.4) is 0 Å². The second-order valence-corrected chi connectivity index (χ2v) is 3.95. The van der Waals surface area contributed by atoms with Crippen molar-refractivity contribution in [2.24, 2.45) is 0 Å². The van der Waals surface area contributed by atoms with Gasteiger partial charge in [-0.25, -0.2) is 0 Å². The van der Waals surface area contributed by atoms with Gasteiger partial charge in [-0.3, -0.25) is 4.79 Å². The number of hydrogen-bond acceptors (Lipinski definition) is 3. The first-order chi connectivity index (χ1) is 8.02.